The van der Waals surface area contributed by atoms with Crippen molar-refractivity contribution in [2.24, 2.45) is 0 Å². The van der Waals surface area contributed by atoms with E-state index >= 15 is 0 Å². The predicted molar refractivity (Wildman–Crippen MR) is 62.2 cm³/mol. The van der Waals surface area contributed by atoms with E-state index in [1.54, 1.807) is 13.8 Å². The van der Waals surface area contributed by atoms with E-state index in [4.69, 9.17) is 5.26 Å². The molecule has 0 fully saturated rings. The Morgan fingerprint density at radius 3 is 2.78 bits per heavy atom. The largest absolute Gasteiger partial charge is 0.313 e. The Bertz CT molecular complexity index is 669. The summed E-state index contributed by atoms with van der Waals surface area (Å²) in [5.74, 6) is 0. The summed E-state index contributed by atoms with van der Waals surface area (Å²) in [4.78, 5) is 14.4. The maximum absolute atomic E-state index is 10.9. The van der Waals surface area contributed by atoms with E-state index in [1.807, 2.05) is 6.07 Å². The molecule has 2 aromatic heterocycles. The molecule has 0 saturated carbocycles. The molecule has 2 rings (SSSR count). The van der Waals surface area contributed by atoms with Crippen LogP contribution in [0.4, 0.5) is 5.69 Å². The SMILES string of the molecule is Cc1nn(-c2cnccc2C#N)c(C)c1[N+](=O)[O-]. The van der Waals surface area contributed by atoms with Crippen molar-refractivity contribution in [3.8, 4) is 11.8 Å². The molecule has 0 saturated heterocycles. The van der Waals surface area contributed by atoms with Crippen LogP contribution in [0.1, 0.15) is 17.0 Å². The minimum atomic E-state index is -0.476. The third kappa shape index (κ3) is 1.69. The molecular weight excluding hydrogens is 234 g/mol. The molecular formula is C11H9N5O2. The molecule has 2 heterocycles. The Hall–Kier alpha value is -2.75. The molecule has 0 unspecified atom stereocenters. The fourth-order valence-corrected chi connectivity index (χ4v) is 1.78. The van der Waals surface area contributed by atoms with Crippen LogP contribution >= 0.6 is 0 Å². The fraction of sp³-hybridized carbons (Fsp3) is 0.182. The highest BCUT2D eigenvalue weighted by molar-refractivity contribution is 5.51. The lowest BCUT2D eigenvalue weighted by Gasteiger charge is -2.04. The first-order valence-corrected chi connectivity index (χ1v) is 5.11. The number of pyridine rings is 1. The van der Waals surface area contributed by atoms with Crippen LogP contribution in [-0.2, 0) is 0 Å². The zero-order valence-corrected chi connectivity index (χ0v) is 9.78. The van der Waals surface area contributed by atoms with Crippen LogP contribution < -0.4 is 0 Å². The highest BCUT2D eigenvalue weighted by atomic mass is 16.6. The van der Waals surface area contributed by atoms with Crippen molar-refractivity contribution >= 4 is 5.69 Å². The second-order valence-corrected chi connectivity index (χ2v) is 3.69. The van der Waals surface area contributed by atoms with Gasteiger partial charge in [0.1, 0.15) is 23.1 Å². The maximum atomic E-state index is 10.9. The monoisotopic (exact) mass is 243 g/mol. The number of aryl methyl sites for hydroxylation is 1. The third-order valence-electron chi connectivity index (χ3n) is 2.58. The van der Waals surface area contributed by atoms with Gasteiger partial charge in [-0.2, -0.15) is 10.4 Å². The summed E-state index contributed by atoms with van der Waals surface area (Å²) < 4.78 is 1.37. The van der Waals surface area contributed by atoms with Gasteiger partial charge in [-0.1, -0.05) is 0 Å². The normalized spacial score (nSPS) is 10.1. The number of nitrogens with zero attached hydrogens (tertiary/aromatic N) is 5. The summed E-state index contributed by atoms with van der Waals surface area (Å²) in [5, 5.41) is 24.0. The molecule has 2 aromatic rings. The van der Waals surface area contributed by atoms with Crippen molar-refractivity contribution in [2.75, 3.05) is 0 Å². The number of hydrogen-bond acceptors (Lipinski definition) is 5. The van der Waals surface area contributed by atoms with Crippen LogP contribution in [-0.4, -0.2) is 19.7 Å². The minimum absolute atomic E-state index is 0.0391. The van der Waals surface area contributed by atoms with Gasteiger partial charge in [0, 0.05) is 6.20 Å². The van der Waals surface area contributed by atoms with E-state index in [-0.39, 0.29) is 5.69 Å². The van der Waals surface area contributed by atoms with Gasteiger partial charge >= 0.3 is 5.69 Å². The van der Waals surface area contributed by atoms with Crippen molar-refractivity contribution < 1.29 is 4.92 Å². The lowest BCUT2D eigenvalue weighted by Crippen LogP contribution is -2.03. The summed E-state index contributed by atoms with van der Waals surface area (Å²) in [6.07, 6.45) is 2.95. The molecule has 0 aliphatic carbocycles. The van der Waals surface area contributed by atoms with Gasteiger partial charge in [-0.3, -0.25) is 15.1 Å². The van der Waals surface area contributed by atoms with E-state index in [1.165, 1.54) is 23.1 Å². The van der Waals surface area contributed by atoms with E-state index in [9.17, 15) is 10.1 Å². The predicted octanol–water partition coefficient (Wildman–Crippen LogP) is 1.66. The first kappa shape index (κ1) is 11.7. The van der Waals surface area contributed by atoms with Gasteiger partial charge in [-0.15, -0.1) is 0 Å². The van der Waals surface area contributed by atoms with Gasteiger partial charge in [-0.25, -0.2) is 4.68 Å². The topological polar surface area (TPSA) is 97.6 Å². The van der Waals surface area contributed by atoms with Crippen molar-refractivity contribution in [3.63, 3.8) is 0 Å². The number of hydrogen-bond donors (Lipinski definition) is 0. The van der Waals surface area contributed by atoms with Gasteiger partial charge < -0.3 is 0 Å². The highest BCUT2D eigenvalue weighted by Crippen LogP contribution is 2.25. The van der Waals surface area contributed by atoms with Crippen LogP contribution in [0.15, 0.2) is 18.5 Å². The maximum Gasteiger partial charge on any atom is 0.313 e. The molecule has 0 aliphatic heterocycles. The average molecular weight is 243 g/mol. The van der Waals surface area contributed by atoms with E-state index in [0.29, 0.717) is 22.6 Å². The standard InChI is InChI=1S/C11H9N5O2/c1-7-11(16(17)18)8(2)15(14-7)10-6-13-4-3-9(10)5-12/h3-4,6H,1-2H3. The number of nitriles is 1. The van der Waals surface area contributed by atoms with Crippen LogP contribution in [0.2, 0.25) is 0 Å². The van der Waals surface area contributed by atoms with E-state index < -0.39 is 4.92 Å². The number of aromatic nitrogens is 3. The van der Waals surface area contributed by atoms with Gasteiger partial charge in [0.2, 0.25) is 0 Å². The smallest absolute Gasteiger partial charge is 0.262 e. The van der Waals surface area contributed by atoms with Gasteiger partial charge in [0.15, 0.2) is 0 Å². The van der Waals surface area contributed by atoms with Crippen molar-refractivity contribution in [2.45, 2.75) is 13.8 Å². The van der Waals surface area contributed by atoms with Gasteiger partial charge in [-0.05, 0) is 19.9 Å². The summed E-state index contributed by atoms with van der Waals surface area (Å²) in [6.45, 7) is 3.15. The molecule has 7 nitrogen and oxygen atoms in total. The van der Waals surface area contributed by atoms with Crippen molar-refractivity contribution in [1.82, 2.24) is 14.8 Å². The molecule has 0 radical (unpaired) electrons. The molecule has 0 spiro atoms. The quantitative estimate of drug-likeness (QED) is 0.590. The Labute approximate surface area is 102 Å². The molecule has 90 valence electrons. The molecule has 0 amide bonds. The van der Waals surface area contributed by atoms with E-state index in [2.05, 4.69) is 10.1 Å². The first-order chi connectivity index (χ1) is 8.56. The lowest BCUT2D eigenvalue weighted by molar-refractivity contribution is -0.386. The Balaban J connectivity index is 2.70. The number of rotatable bonds is 2. The van der Waals surface area contributed by atoms with Crippen LogP contribution in [0.3, 0.4) is 0 Å². The third-order valence-corrected chi connectivity index (χ3v) is 2.58. The Kier molecular flexibility index (Phi) is 2.77. The summed E-state index contributed by atoms with van der Waals surface area (Å²) >= 11 is 0. The van der Waals surface area contributed by atoms with Crippen LogP contribution in [0, 0.1) is 35.3 Å². The summed E-state index contributed by atoms with van der Waals surface area (Å²) in [5.41, 5.74) is 1.45. The van der Waals surface area contributed by atoms with Gasteiger partial charge in [0.05, 0.1) is 16.7 Å². The summed E-state index contributed by atoms with van der Waals surface area (Å²) in [6, 6.07) is 3.55. The highest BCUT2D eigenvalue weighted by Gasteiger charge is 2.23. The van der Waals surface area contributed by atoms with E-state index in [0.717, 1.165) is 0 Å². The van der Waals surface area contributed by atoms with Crippen LogP contribution in [0.25, 0.3) is 5.69 Å². The van der Waals surface area contributed by atoms with Crippen molar-refractivity contribution in [1.29, 1.82) is 5.26 Å². The van der Waals surface area contributed by atoms with Gasteiger partial charge in [0.25, 0.3) is 0 Å². The molecule has 0 bridgehead atoms. The Morgan fingerprint density at radius 2 is 2.22 bits per heavy atom. The molecule has 0 N–H and O–H groups in total. The van der Waals surface area contributed by atoms with Crippen molar-refractivity contribution in [3.05, 3.63) is 45.5 Å². The second-order valence-electron chi connectivity index (χ2n) is 3.69. The number of nitro groups is 1. The molecule has 0 aromatic carbocycles. The zero-order valence-electron chi connectivity index (χ0n) is 9.78. The minimum Gasteiger partial charge on any atom is -0.262 e. The molecule has 7 heteroatoms. The van der Waals surface area contributed by atoms with Crippen LogP contribution in [0.5, 0.6) is 0 Å². The second kappa shape index (κ2) is 4.25. The zero-order chi connectivity index (χ0) is 13.3. The lowest BCUT2D eigenvalue weighted by atomic mass is 10.2. The summed E-state index contributed by atoms with van der Waals surface area (Å²) in [7, 11) is 0. The molecule has 18 heavy (non-hydrogen) atoms. The molecule has 0 atom stereocenters. The Morgan fingerprint density at radius 1 is 1.50 bits per heavy atom. The average Bonchev–Trinajstić information content (AvgIpc) is 2.64. The molecule has 0 aliphatic rings. The first-order valence-electron chi connectivity index (χ1n) is 5.11. The fourth-order valence-electron chi connectivity index (χ4n) is 1.78.